The van der Waals surface area contributed by atoms with E-state index in [0.717, 1.165) is 0 Å². The zero-order valence-corrected chi connectivity index (χ0v) is 12.3. The van der Waals surface area contributed by atoms with Crippen LogP contribution in [-0.4, -0.2) is 77.9 Å². The van der Waals surface area contributed by atoms with Crippen molar-refractivity contribution in [1.82, 2.24) is 0 Å². The Kier molecular flexibility index (Phi) is 19.3. The first-order chi connectivity index (χ1) is 4.00. The van der Waals surface area contributed by atoms with Gasteiger partial charge >= 0.3 is 104 Å². The van der Waals surface area contributed by atoms with Gasteiger partial charge in [0.05, 0.1) is 0 Å². The molecule has 12 heteroatoms. The van der Waals surface area contributed by atoms with Crippen molar-refractivity contribution in [3.63, 3.8) is 0 Å². The molecular formula is H6AsGaO8Sb2. The molecule has 0 aromatic heterocycles. The third kappa shape index (κ3) is 318. The van der Waals surface area contributed by atoms with Gasteiger partial charge in [-0.1, -0.05) is 0 Å². The van der Waals surface area contributed by atoms with Crippen LogP contribution in [0.1, 0.15) is 0 Å². The topological polar surface area (TPSA) is 172 Å². The summed E-state index contributed by atoms with van der Waals surface area (Å²) in [5.74, 6) is 0. The average Bonchev–Trinajstić information content (AvgIpc) is 1.12. The fraction of sp³-hybridized carbons (Fsp3) is 0. The van der Waals surface area contributed by atoms with E-state index in [1.807, 2.05) is 0 Å². The Morgan fingerprint density at radius 2 is 0.667 bits per heavy atom. The van der Waals surface area contributed by atoms with Crippen LogP contribution in [0.15, 0.2) is 0 Å². The van der Waals surface area contributed by atoms with E-state index in [9.17, 15) is 0 Å². The predicted molar refractivity (Wildman–Crippen MR) is 32.8 cm³/mol. The van der Waals surface area contributed by atoms with Gasteiger partial charge in [-0.2, -0.15) is 0 Å². The van der Waals surface area contributed by atoms with Crippen LogP contribution >= 0.6 is 0 Å². The molecule has 0 saturated heterocycles. The normalized spacial score (nSPS) is 9.83. The van der Waals surface area contributed by atoms with E-state index >= 15 is 0 Å². The van der Waals surface area contributed by atoms with Gasteiger partial charge in [-0.25, -0.2) is 0 Å². The fourth-order valence-electron chi connectivity index (χ4n) is 0. The maximum atomic E-state index is 8.64. The predicted octanol–water partition coefficient (Wildman–Crippen LogP) is -10.5. The molecule has 0 spiro atoms. The monoisotopic (exact) mass is 520 g/mol. The van der Waals surface area contributed by atoms with Gasteiger partial charge in [0.1, 0.15) is 0 Å². The van der Waals surface area contributed by atoms with Crippen molar-refractivity contribution in [3.05, 3.63) is 0 Å². The van der Waals surface area contributed by atoms with Gasteiger partial charge in [0.2, 0.25) is 0 Å². The minimum atomic E-state index is -6.10. The van der Waals surface area contributed by atoms with Gasteiger partial charge in [0.15, 0.2) is 0 Å². The molecule has 0 unspecified atom stereocenters. The van der Waals surface area contributed by atoms with E-state index in [1.54, 1.807) is 0 Å². The molecular weight excluding hydrogens is 516 g/mol. The van der Waals surface area contributed by atoms with Gasteiger partial charge in [-0.3, -0.25) is 0 Å². The van der Waals surface area contributed by atoms with Crippen molar-refractivity contribution in [1.29, 1.82) is 0 Å². The standard InChI is InChI=1S/AsH6.Ga.8O.2Sb/h1H6;;;;;;;;;;;/q2*+3;;;6*-1;;. The van der Waals surface area contributed by atoms with E-state index in [2.05, 4.69) is 0 Å². The van der Waals surface area contributed by atoms with Crippen LogP contribution in [0.4, 0.5) is 0 Å². The second-order valence-corrected chi connectivity index (χ2v) is 6.00. The maximum absolute atomic E-state index is 8.64. The average molecular weight is 522 g/mol. The first-order valence-corrected chi connectivity index (χ1v) is 9.80. The summed E-state index contributed by atoms with van der Waals surface area (Å²) in [5.41, 5.74) is 0. The SMILES string of the molecule is [AsH6+3].[Ga+3].[O]=[Sb]([O-])([O-])[O-].[O]=[Sb]([O-])([O-])[O-]. The van der Waals surface area contributed by atoms with E-state index in [0.29, 0.717) is 0 Å². The van der Waals surface area contributed by atoms with Crippen molar-refractivity contribution < 1.29 is 26.3 Å². The third-order valence-electron chi connectivity index (χ3n) is 0. The zero-order valence-electron chi connectivity index (χ0n) is 4.74. The Balaban J connectivity index is -0.0000000457. The summed E-state index contributed by atoms with van der Waals surface area (Å²) in [6.45, 7) is 0. The van der Waals surface area contributed by atoms with Crippen LogP contribution in [0.3, 0.4) is 0 Å². The van der Waals surface area contributed by atoms with E-state index < -0.39 is 40.1 Å². The van der Waals surface area contributed by atoms with Crippen molar-refractivity contribution in [2.45, 2.75) is 0 Å². The van der Waals surface area contributed by atoms with E-state index in [-0.39, 0.29) is 37.7 Å². The van der Waals surface area contributed by atoms with E-state index in [4.69, 9.17) is 26.3 Å². The quantitative estimate of drug-likeness (QED) is 0.282. The molecule has 0 aliphatic rings. The molecule has 0 fully saturated rings. The minimum absolute atomic E-state index is 0. The molecule has 0 bridgehead atoms. The molecule has 0 N–H and O–H groups in total. The van der Waals surface area contributed by atoms with Crippen molar-refractivity contribution in [2.75, 3.05) is 0 Å². The Morgan fingerprint density at radius 1 is 0.667 bits per heavy atom. The molecule has 72 valence electrons. The summed E-state index contributed by atoms with van der Waals surface area (Å²) in [6, 6.07) is 0. The molecule has 0 saturated carbocycles. The number of hydrogen-bond donors (Lipinski definition) is 0. The van der Waals surface area contributed by atoms with Crippen LogP contribution in [-0.2, 0) is 6.03 Å². The van der Waals surface area contributed by atoms with Gasteiger partial charge < -0.3 is 0 Å². The molecule has 0 heterocycles. The van der Waals surface area contributed by atoms with Crippen LogP contribution in [0.2, 0.25) is 0 Å². The first kappa shape index (κ1) is 23.8. The van der Waals surface area contributed by atoms with Crippen LogP contribution in [0, 0.1) is 0 Å². The van der Waals surface area contributed by atoms with Crippen LogP contribution in [0.25, 0.3) is 0 Å². The van der Waals surface area contributed by atoms with Gasteiger partial charge in [0, 0.05) is 0 Å². The summed E-state index contributed by atoms with van der Waals surface area (Å²) in [5, 5.41) is 0. The van der Waals surface area contributed by atoms with Gasteiger partial charge in [0.25, 0.3) is 0 Å². The Hall–Kier alpha value is 2.19. The zero-order chi connectivity index (χ0) is 9.00. The molecule has 0 rings (SSSR count). The molecule has 0 atom stereocenters. The van der Waals surface area contributed by atoms with Crippen LogP contribution in [0.5, 0.6) is 0 Å². The first-order valence-electron chi connectivity index (χ1n) is 1.46. The van der Waals surface area contributed by atoms with Gasteiger partial charge in [-0.05, 0) is 0 Å². The molecule has 0 aliphatic carbocycles. The Morgan fingerprint density at radius 3 is 0.667 bits per heavy atom. The van der Waals surface area contributed by atoms with Crippen molar-refractivity contribution in [2.24, 2.45) is 0 Å². The summed E-state index contributed by atoms with van der Waals surface area (Å²) < 4.78 is 69.1. The summed E-state index contributed by atoms with van der Waals surface area (Å²) in [4.78, 5) is 0. The molecule has 8 nitrogen and oxygen atoms in total. The van der Waals surface area contributed by atoms with Crippen molar-refractivity contribution in [3.8, 4) is 0 Å². The summed E-state index contributed by atoms with van der Waals surface area (Å²) in [6.07, 6.45) is 0. The third-order valence-corrected chi connectivity index (χ3v) is 0. The molecule has 0 aliphatic heterocycles. The molecule has 0 aromatic rings. The summed E-state index contributed by atoms with van der Waals surface area (Å²) in [7, 11) is 0. The Labute approximate surface area is 103 Å². The number of rotatable bonds is 0. The molecule has 0 amide bonds. The molecule has 0 aromatic carbocycles. The van der Waals surface area contributed by atoms with Crippen molar-refractivity contribution >= 4 is 77.9 Å². The second-order valence-electron chi connectivity index (χ2n) is 0.894. The summed E-state index contributed by atoms with van der Waals surface area (Å²) >= 11 is -12.2. The molecule has 12 heavy (non-hydrogen) atoms. The Bertz CT molecular complexity index is 129. The number of hydrogen-bond acceptors (Lipinski definition) is 8. The van der Waals surface area contributed by atoms with Crippen LogP contribution < -0.4 is 20.3 Å². The van der Waals surface area contributed by atoms with E-state index in [1.165, 1.54) is 0 Å². The molecule has 0 radical (unpaired) electrons. The van der Waals surface area contributed by atoms with Gasteiger partial charge in [-0.15, -0.1) is 0 Å². The fourth-order valence-corrected chi connectivity index (χ4v) is 0. The second kappa shape index (κ2) is 9.74.